The first-order chi connectivity index (χ1) is 8.15. The molecule has 6 heteroatoms. The second kappa shape index (κ2) is 4.56. The number of carbonyl (C=O) groups is 1. The van der Waals surface area contributed by atoms with E-state index in [-0.39, 0.29) is 11.3 Å². The van der Waals surface area contributed by atoms with Crippen LogP contribution >= 0.6 is 0 Å². The molecule has 86 valence electrons. The maximum absolute atomic E-state index is 11.7. The molecule has 2 aromatic rings. The van der Waals surface area contributed by atoms with Crippen LogP contribution in [0.3, 0.4) is 0 Å². The first-order valence-corrected chi connectivity index (χ1v) is 4.95. The number of H-pyrrole nitrogens is 1. The van der Waals surface area contributed by atoms with E-state index in [0.29, 0.717) is 5.69 Å². The van der Waals surface area contributed by atoms with Crippen LogP contribution in [-0.4, -0.2) is 21.1 Å². The summed E-state index contributed by atoms with van der Waals surface area (Å²) >= 11 is 0. The van der Waals surface area contributed by atoms with Crippen LogP contribution in [0.5, 0.6) is 0 Å². The largest absolute Gasteiger partial charge is 0.319 e. The van der Waals surface area contributed by atoms with Crippen LogP contribution in [0.2, 0.25) is 0 Å². The minimum Gasteiger partial charge on any atom is -0.319 e. The summed E-state index contributed by atoms with van der Waals surface area (Å²) in [6.45, 7) is 1.86. The number of carbonyl (C=O) groups excluding carboxylic acids is 1. The highest BCUT2D eigenvalue weighted by Gasteiger charge is 2.07. The summed E-state index contributed by atoms with van der Waals surface area (Å²) in [4.78, 5) is 26.5. The molecule has 0 saturated carbocycles. The lowest BCUT2D eigenvalue weighted by Gasteiger charge is -2.03. The number of anilines is 1. The summed E-state index contributed by atoms with van der Waals surface area (Å²) in [6, 6.07) is 6.13. The van der Waals surface area contributed by atoms with Gasteiger partial charge in [-0.25, -0.2) is 5.10 Å². The summed E-state index contributed by atoms with van der Waals surface area (Å²) in [6.07, 6.45) is 1.55. The Morgan fingerprint density at radius 1 is 1.29 bits per heavy atom. The highest BCUT2D eigenvalue weighted by Crippen LogP contribution is 2.06. The molecular weight excluding hydrogens is 220 g/mol. The van der Waals surface area contributed by atoms with E-state index >= 15 is 0 Å². The minimum atomic E-state index is -0.396. The molecule has 2 aromatic heterocycles. The van der Waals surface area contributed by atoms with Crippen molar-refractivity contribution in [3.8, 4) is 0 Å². The minimum absolute atomic E-state index is 0.144. The Morgan fingerprint density at radius 3 is 2.71 bits per heavy atom. The van der Waals surface area contributed by atoms with Crippen molar-refractivity contribution in [3.05, 3.63) is 52.2 Å². The molecule has 0 unspecified atom stereocenters. The Bertz CT molecular complexity index is 569. The van der Waals surface area contributed by atoms with Crippen molar-refractivity contribution in [2.24, 2.45) is 0 Å². The van der Waals surface area contributed by atoms with Crippen LogP contribution < -0.4 is 10.9 Å². The van der Waals surface area contributed by atoms with Crippen molar-refractivity contribution in [3.63, 3.8) is 0 Å². The number of nitrogens with zero attached hydrogens (tertiary/aromatic N) is 2. The normalized spacial score (nSPS) is 9.94. The van der Waals surface area contributed by atoms with Crippen molar-refractivity contribution < 1.29 is 4.79 Å². The highest BCUT2D eigenvalue weighted by atomic mass is 16.2. The lowest BCUT2D eigenvalue weighted by atomic mass is 10.3. The second-order valence-corrected chi connectivity index (χ2v) is 3.45. The zero-order valence-corrected chi connectivity index (χ0v) is 9.10. The number of rotatable bonds is 2. The molecule has 0 saturated heterocycles. The van der Waals surface area contributed by atoms with Gasteiger partial charge in [-0.15, -0.1) is 0 Å². The average molecular weight is 230 g/mol. The zero-order chi connectivity index (χ0) is 12.3. The van der Waals surface area contributed by atoms with Gasteiger partial charge in [0.2, 0.25) is 0 Å². The molecule has 0 aliphatic carbocycles. The van der Waals surface area contributed by atoms with Gasteiger partial charge in [0, 0.05) is 11.8 Å². The van der Waals surface area contributed by atoms with Crippen LogP contribution in [0.4, 0.5) is 5.69 Å². The Labute approximate surface area is 96.7 Å². The molecular formula is C11H10N4O2. The van der Waals surface area contributed by atoms with E-state index in [4.69, 9.17) is 0 Å². The fraction of sp³-hybridized carbons (Fsp3) is 0.0909. The third kappa shape index (κ3) is 2.75. The standard InChI is InChI=1S/C11H10N4O2/c1-7-2-3-8(6-12-7)13-11(17)9-4-5-10(16)15-14-9/h2-6H,1H3,(H,13,17)(H,15,16). The predicted molar refractivity (Wildman–Crippen MR) is 61.8 cm³/mol. The van der Waals surface area contributed by atoms with Crippen LogP contribution in [0.25, 0.3) is 0 Å². The van der Waals surface area contributed by atoms with Crippen LogP contribution in [0, 0.1) is 6.92 Å². The Balaban J connectivity index is 2.14. The fourth-order valence-corrected chi connectivity index (χ4v) is 1.21. The number of amides is 1. The Hall–Kier alpha value is -2.50. The van der Waals surface area contributed by atoms with E-state index in [9.17, 15) is 9.59 Å². The zero-order valence-electron chi connectivity index (χ0n) is 9.10. The van der Waals surface area contributed by atoms with E-state index in [1.807, 2.05) is 6.92 Å². The van der Waals surface area contributed by atoms with Crippen molar-refractivity contribution in [2.75, 3.05) is 5.32 Å². The molecule has 2 heterocycles. The molecule has 2 N–H and O–H groups in total. The van der Waals surface area contributed by atoms with Gasteiger partial charge >= 0.3 is 0 Å². The smallest absolute Gasteiger partial charge is 0.276 e. The molecule has 0 aliphatic rings. The van der Waals surface area contributed by atoms with Crippen LogP contribution in [0.15, 0.2) is 35.3 Å². The fourth-order valence-electron chi connectivity index (χ4n) is 1.21. The maximum Gasteiger partial charge on any atom is 0.276 e. The number of aryl methyl sites for hydroxylation is 1. The quantitative estimate of drug-likeness (QED) is 0.795. The molecule has 17 heavy (non-hydrogen) atoms. The first-order valence-electron chi connectivity index (χ1n) is 4.95. The number of aromatic nitrogens is 3. The SMILES string of the molecule is Cc1ccc(NC(=O)c2ccc(=O)[nH]n2)cn1. The number of hydrogen-bond donors (Lipinski definition) is 2. The molecule has 0 radical (unpaired) electrons. The lowest BCUT2D eigenvalue weighted by Crippen LogP contribution is -2.17. The summed E-state index contributed by atoms with van der Waals surface area (Å²) in [5.74, 6) is -0.396. The summed E-state index contributed by atoms with van der Waals surface area (Å²) in [7, 11) is 0. The second-order valence-electron chi connectivity index (χ2n) is 3.45. The highest BCUT2D eigenvalue weighted by molar-refractivity contribution is 6.02. The number of nitrogens with one attached hydrogen (secondary N) is 2. The monoisotopic (exact) mass is 230 g/mol. The predicted octanol–water partition coefficient (Wildman–Crippen LogP) is 0.726. The van der Waals surface area contributed by atoms with E-state index in [1.165, 1.54) is 12.1 Å². The van der Waals surface area contributed by atoms with Gasteiger partial charge < -0.3 is 5.32 Å². The summed E-state index contributed by atoms with van der Waals surface area (Å²) in [5, 5.41) is 8.43. The molecule has 0 bridgehead atoms. The first kappa shape index (κ1) is 11.0. The van der Waals surface area contributed by atoms with Gasteiger partial charge in [0.15, 0.2) is 0 Å². The summed E-state index contributed by atoms with van der Waals surface area (Å²) in [5.41, 5.74) is 1.24. The molecule has 2 rings (SSSR count). The third-order valence-corrected chi connectivity index (χ3v) is 2.08. The van der Waals surface area contributed by atoms with Gasteiger partial charge in [-0.05, 0) is 25.1 Å². The van der Waals surface area contributed by atoms with E-state index in [2.05, 4.69) is 20.5 Å². The summed E-state index contributed by atoms with van der Waals surface area (Å²) < 4.78 is 0. The van der Waals surface area contributed by atoms with Gasteiger partial charge in [-0.3, -0.25) is 14.6 Å². The molecule has 0 aliphatic heterocycles. The maximum atomic E-state index is 11.7. The molecule has 0 atom stereocenters. The van der Waals surface area contributed by atoms with E-state index in [1.54, 1.807) is 18.3 Å². The van der Waals surface area contributed by atoms with Crippen LogP contribution in [-0.2, 0) is 0 Å². The van der Waals surface area contributed by atoms with Gasteiger partial charge in [0.05, 0.1) is 11.9 Å². The molecule has 0 spiro atoms. The molecule has 0 fully saturated rings. The van der Waals surface area contributed by atoms with E-state index < -0.39 is 5.91 Å². The van der Waals surface area contributed by atoms with Gasteiger partial charge in [-0.2, -0.15) is 5.10 Å². The average Bonchev–Trinajstić information content (AvgIpc) is 2.33. The number of pyridine rings is 1. The van der Waals surface area contributed by atoms with Crippen molar-refractivity contribution in [1.29, 1.82) is 0 Å². The molecule has 6 nitrogen and oxygen atoms in total. The topological polar surface area (TPSA) is 87.7 Å². The van der Waals surface area contributed by atoms with Crippen molar-refractivity contribution in [1.82, 2.24) is 15.2 Å². The number of hydrogen-bond acceptors (Lipinski definition) is 4. The van der Waals surface area contributed by atoms with Gasteiger partial charge in [-0.1, -0.05) is 0 Å². The molecule has 1 amide bonds. The lowest BCUT2D eigenvalue weighted by molar-refractivity contribution is 0.102. The third-order valence-electron chi connectivity index (χ3n) is 2.08. The van der Waals surface area contributed by atoms with Gasteiger partial charge in [0.25, 0.3) is 11.5 Å². The Morgan fingerprint density at radius 2 is 2.12 bits per heavy atom. The van der Waals surface area contributed by atoms with E-state index in [0.717, 1.165) is 5.69 Å². The Kier molecular flexibility index (Phi) is 2.95. The molecule has 0 aromatic carbocycles. The van der Waals surface area contributed by atoms with Crippen molar-refractivity contribution in [2.45, 2.75) is 6.92 Å². The van der Waals surface area contributed by atoms with Crippen molar-refractivity contribution >= 4 is 11.6 Å². The number of aromatic amines is 1. The van der Waals surface area contributed by atoms with Crippen LogP contribution in [0.1, 0.15) is 16.2 Å². The van der Waals surface area contributed by atoms with Gasteiger partial charge in [0.1, 0.15) is 5.69 Å².